The lowest BCUT2D eigenvalue weighted by Crippen LogP contribution is -2.42. The molecule has 1 aromatic carbocycles. The van der Waals surface area contributed by atoms with Gasteiger partial charge in [0.1, 0.15) is 0 Å². The second-order valence-corrected chi connectivity index (χ2v) is 4.96. The topological polar surface area (TPSA) is 76.4 Å². The molecular weight excluding hydrogens is 258 g/mol. The van der Waals surface area contributed by atoms with Crippen LogP contribution in [0.1, 0.15) is 6.42 Å². The van der Waals surface area contributed by atoms with Gasteiger partial charge in [-0.1, -0.05) is 18.2 Å². The van der Waals surface area contributed by atoms with Crippen LogP contribution in [0.5, 0.6) is 0 Å². The van der Waals surface area contributed by atoms with Crippen LogP contribution in [0.2, 0.25) is 0 Å². The van der Waals surface area contributed by atoms with E-state index in [2.05, 4.69) is 10.4 Å². The molecule has 20 heavy (non-hydrogen) atoms. The smallest absolute Gasteiger partial charge is 0.222 e. The number of hydrogen-bond donors (Lipinski definition) is 2. The zero-order valence-corrected chi connectivity index (χ0v) is 11.0. The van der Waals surface area contributed by atoms with E-state index < -0.39 is 6.10 Å². The SMILES string of the molecule is O=C(CCn1ncc2ccccc21)N[C@H]1COC[C@H]1O. The Morgan fingerprint density at radius 2 is 2.30 bits per heavy atom. The quantitative estimate of drug-likeness (QED) is 0.841. The number of fused-ring (bicyclic) bond motifs is 1. The second kappa shape index (κ2) is 5.60. The van der Waals surface area contributed by atoms with Gasteiger partial charge in [-0.25, -0.2) is 0 Å². The first kappa shape index (κ1) is 13.1. The molecule has 2 aromatic rings. The summed E-state index contributed by atoms with van der Waals surface area (Å²) >= 11 is 0. The van der Waals surface area contributed by atoms with Crippen LogP contribution in [0.3, 0.4) is 0 Å². The number of nitrogens with one attached hydrogen (secondary N) is 1. The lowest BCUT2D eigenvalue weighted by molar-refractivity contribution is -0.122. The summed E-state index contributed by atoms with van der Waals surface area (Å²) in [4.78, 5) is 11.9. The summed E-state index contributed by atoms with van der Waals surface area (Å²) in [6.45, 7) is 1.18. The van der Waals surface area contributed by atoms with Crippen molar-refractivity contribution >= 4 is 16.8 Å². The van der Waals surface area contributed by atoms with E-state index in [4.69, 9.17) is 4.74 Å². The number of carbonyl (C=O) groups excluding carboxylic acids is 1. The van der Waals surface area contributed by atoms with E-state index in [-0.39, 0.29) is 18.6 Å². The molecule has 106 valence electrons. The summed E-state index contributed by atoms with van der Waals surface area (Å²) in [6, 6.07) is 7.59. The highest BCUT2D eigenvalue weighted by Crippen LogP contribution is 2.13. The van der Waals surface area contributed by atoms with Gasteiger partial charge >= 0.3 is 0 Å². The molecule has 2 N–H and O–H groups in total. The van der Waals surface area contributed by atoms with Gasteiger partial charge < -0.3 is 15.2 Å². The van der Waals surface area contributed by atoms with Crippen molar-refractivity contribution in [2.75, 3.05) is 13.2 Å². The fraction of sp³-hybridized carbons (Fsp3) is 0.429. The summed E-state index contributed by atoms with van der Waals surface area (Å²) in [5, 5.41) is 17.7. The average Bonchev–Trinajstić information content (AvgIpc) is 3.04. The Hall–Kier alpha value is -1.92. The molecule has 0 radical (unpaired) electrons. The molecule has 1 aliphatic rings. The van der Waals surface area contributed by atoms with Crippen molar-refractivity contribution in [3.05, 3.63) is 30.5 Å². The highest BCUT2D eigenvalue weighted by Gasteiger charge is 2.27. The van der Waals surface area contributed by atoms with Crippen molar-refractivity contribution in [1.29, 1.82) is 0 Å². The van der Waals surface area contributed by atoms with Crippen LogP contribution in [0, 0.1) is 0 Å². The van der Waals surface area contributed by atoms with Crippen molar-refractivity contribution in [3.8, 4) is 0 Å². The molecule has 0 unspecified atom stereocenters. The maximum atomic E-state index is 11.9. The van der Waals surface area contributed by atoms with Crippen LogP contribution < -0.4 is 5.32 Å². The van der Waals surface area contributed by atoms with Crippen molar-refractivity contribution < 1.29 is 14.6 Å². The number of rotatable bonds is 4. The third kappa shape index (κ3) is 2.66. The Labute approximate surface area is 116 Å². The van der Waals surface area contributed by atoms with Crippen LogP contribution >= 0.6 is 0 Å². The molecule has 0 aliphatic carbocycles. The number of para-hydroxylation sites is 1. The molecule has 3 rings (SSSR count). The number of ether oxygens (including phenoxy) is 1. The Kier molecular flexibility index (Phi) is 3.66. The van der Waals surface area contributed by atoms with E-state index in [1.54, 1.807) is 6.20 Å². The first-order chi connectivity index (χ1) is 9.74. The van der Waals surface area contributed by atoms with Gasteiger partial charge in [0.05, 0.1) is 43.6 Å². The number of aromatic nitrogens is 2. The van der Waals surface area contributed by atoms with E-state index in [9.17, 15) is 9.90 Å². The molecule has 2 atom stereocenters. The number of carbonyl (C=O) groups is 1. The van der Waals surface area contributed by atoms with Gasteiger partial charge in [-0.2, -0.15) is 5.10 Å². The van der Waals surface area contributed by atoms with Gasteiger partial charge in [0, 0.05) is 11.8 Å². The lowest BCUT2D eigenvalue weighted by Gasteiger charge is -2.14. The minimum Gasteiger partial charge on any atom is -0.388 e. The molecule has 6 nitrogen and oxygen atoms in total. The first-order valence-electron chi connectivity index (χ1n) is 6.70. The highest BCUT2D eigenvalue weighted by molar-refractivity contribution is 5.79. The number of amides is 1. The molecule has 2 heterocycles. The number of benzene rings is 1. The number of aliphatic hydroxyl groups excluding tert-OH is 1. The third-order valence-electron chi connectivity index (χ3n) is 3.50. The van der Waals surface area contributed by atoms with Crippen molar-refractivity contribution in [2.45, 2.75) is 25.1 Å². The van der Waals surface area contributed by atoms with Crippen molar-refractivity contribution in [1.82, 2.24) is 15.1 Å². The predicted molar refractivity (Wildman–Crippen MR) is 73.1 cm³/mol. The van der Waals surface area contributed by atoms with Gasteiger partial charge in [0.15, 0.2) is 0 Å². The summed E-state index contributed by atoms with van der Waals surface area (Å²) in [6.07, 6.45) is 1.51. The molecular formula is C14H17N3O3. The summed E-state index contributed by atoms with van der Waals surface area (Å²) in [7, 11) is 0. The second-order valence-electron chi connectivity index (χ2n) is 4.96. The molecule has 0 spiro atoms. The first-order valence-corrected chi connectivity index (χ1v) is 6.70. The van der Waals surface area contributed by atoms with Gasteiger partial charge in [-0.05, 0) is 6.07 Å². The number of nitrogens with zero attached hydrogens (tertiary/aromatic N) is 2. The minimum atomic E-state index is -0.607. The minimum absolute atomic E-state index is 0.0980. The van der Waals surface area contributed by atoms with Crippen LogP contribution in [0.4, 0.5) is 0 Å². The Balaban J connectivity index is 1.57. The van der Waals surface area contributed by atoms with Gasteiger partial charge in [-0.3, -0.25) is 9.48 Å². The monoisotopic (exact) mass is 275 g/mol. The molecule has 1 amide bonds. The van der Waals surface area contributed by atoms with Crippen LogP contribution in [-0.2, 0) is 16.1 Å². The summed E-state index contributed by atoms with van der Waals surface area (Å²) < 4.78 is 6.91. The Morgan fingerprint density at radius 1 is 1.45 bits per heavy atom. The fourth-order valence-electron chi connectivity index (χ4n) is 2.37. The Morgan fingerprint density at radius 3 is 3.10 bits per heavy atom. The lowest BCUT2D eigenvalue weighted by atomic mass is 10.2. The fourth-order valence-corrected chi connectivity index (χ4v) is 2.37. The highest BCUT2D eigenvalue weighted by atomic mass is 16.5. The number of aryl methyl sites for hydroxylation is 1. The zero-order chi connectivity index (χ0) is 13.9. The van der Waals surface area contributed by atoms with Crippen molar-refractivity contribution in [2.24, 2.45) is 0 Å². The molecule has 0 bridgehead atoms. The van der Waals surface area contributed by atoms with Crippen LogP contribution in [0.25, 0.3) is 10.9 Å². The van der Waals surface area contributed by atoms with Crippen LogP contribution in [0.15, 0.2) is 30.5 Å². The predicted octanol–water partition coefficient (Wildman–Crippen LogP) is 0.302. The van der Waals surface area contributed by atoms with E-state index in [0.717, 1.165) is 10.9 Å². The maximum Gasteiger partial charge on any atom is 0.222 e. The third-order valence-corrected chi connectivity index (χ3v) is 3.50. The molecule has 1 fully saturated rings. The average molecular weight is 275 g/mol. The Bertz CT molecular complexity index is 610. The molecule has 1 aromatic heterocycles. The molecule has 6 heteroatoms. The normalized spacial score (nSPS) is 22.2. The summed E-state index contributed by atoms with van der Waals surface area (Å²) in [5.74, 6) is -0.0980. The zero-order valence-electron chi connectivity index (χ0n) is 11.0. The largest absolute Gasteiger partial charge is 0.388 e. The number of hydrogen-bond acceptors (Lipinski definition) is 4. The number of aliphatic hydroxyl groups is 1. The van der Waals surface area contributed by atoms with E-state index in [0.29, 0.717) is 19.6 Å². The van der Waals surface area contributed by atoms with Crippen molar-refractivity contribution in [3.63, 3.8) is 0 Å². The molecule has 1 saturated heterocycles. The van der Waals surface area contributed by atoms with Gasteiger partial charge in [0.2, 0.25) is 5.91 Å². The molecule has 0 saturated carbocycles. The van der Waals surface area contributed by atoms with E-state index in [1.165, 1.54) is 0 Å². The van der Waals surface area contributed by atoms with Gasteiger partial charge in [-0.15, -0.1) is 0 Å². The van der Waals surface area contributed by atoms with Gasteiger partial charge in [0.25, 0.3) is 0 Å². The molecule has 1 aliphatic heterocycles. The summed E-state index contributed by atoms with van der Waals surface area (Å²) in [5.41, 5.74) is 1.02. The van der Waals surface area contributed by atoms with Crippen LogP contribution in [-0.4, -0.2) is 46.2 Å². The standard InChI is InChI=1S/C14H17N3O3/c18-13-9-20-8-11(13)16-14(19)5-6-17-12-4-2-1-3-10(12)7-15-17/h1-4,7,11,13,18H,5-6,8-9H2,(H,16,19)/t11-,13+/m0/s1. The van der Waals surface area contributed by atoms with E-state index >= 15 is 0 Å². The maximum absolute atomic E-state index is 11.9. The van der Waals surface area contributed by atoms with E-state index in [1.807, 2.05) is 28.9 Å².